The number of ether oxygens (including phenoxy) is 2. The molecule has 92 valence electrons. The Hall–Kier alpha value is -1.32. The molecule has 0 aliphatic rings. The van der Waals surface area contributed by atoms with E-state index in [-0.39, 0.29) is 11.4 Å². The van der Waals surface area contributed by atoms with Crippen LogP contribution in [-0.2, 0) is 14.3 Å². The number of rotatable bonds is 4. The van der Waals surface area contributed by atoms with Crippen molar-refractivity contribution in [2.75, 3.05) is 0 Å². The van der Waals surface area contributed by atoms with Crippen LogP contribution in [0.1, 0.15) is 41.0 Å². The van der Waals surface area contributed by atoms with Crippen LogP contribution in [0.25, 0.3) is 0 Å². The summed E-state index contributed by atoms with van der Waals surface area (Å²) in [6.07, 6.45) is -0.883. The Balaban J connectivity index is 4.40. The second kappa shape index (κ2) is 5.68. The zero-order valence-corrected chi connectivity index (χ0v) is 10.6. The normalized spacial score (nSPS) is 12.8. The van der Waals surface area contributed by atoms with Gasteiger partial charge in [0, 0.05) is 5.57 Å². The largest absolute Gasteiger partial charge is 0.509 e. The van der Waals surface area contributed by atoms with Crippen LogP contribution in [0.4, 0.5) is 4.79 Å². The molecular weight excluding hydrogens is 208 g/mol. The predicted octanol–water partition coefficient (Wildman–Crippen LogP) is 2.86. The SMILES string of the molecule is C=C(C(C)=O)C(CC)OC(=O)OC(C)(C)C. The first-order valence-electron chi connectivity index (χ1n) is 5.26. The van der Waals surface area contributed by atoms with Crippen LogP contribution in [0.2, 0.25) is 0 Å². The first-order chi connectivity index (χ1) is 7.17. The molecule has 0 bridgehead atoms. The number of hydrogen-bond acceptors (Lipinski definition) is 4. The van der Waals surface area contributed by atoms with E-state index in [4.69, 9.17) is 9.47 Å². The van der Waals surface area contributed by atoms with Gasteiger partial charge in [0.2, 0.25) is 0 Å². The molecule has 0 saturated carbocycles. The van der Waals surface area contributed by atoms with Crippen molar-refractivity contribution in [3.63, 3.8) is 0 Å². The molecule has 1 atom stereocenters. The fourth-order valence-corrected chi connectivity index (χ4v) is 1.02. The third-order valence-corrected chi connectivity index (χ3v) is 1.84. The summed E-state index contributed by atoms with van der Waals surface area (Å²) in [7, 11) is 0. The molecule has 0 heterocycles. The number of hydrogen-bond donors (Lipinski definition) is 0. The molecule has 0 radical (unpaired) electrons. The maximum atomic E-state index is 11.4. The van der Waals surface area contributed by atoms with Crippen molar-refractivity contribution in [3.8, 4) is 0 Å². The van der Waals surface area contributed by atoms with E-state index < -0.39 is 17.9 Å². The van der Waals surface area contributed by atoms with Crippen molar-refractivity contribution < 1.29 is 19.1 Å². The summed E-state index contributed by atoms with van der Waals surface area (Å²) in [6.45, 7) is 12.0. The zero-order valence-electron chi connectivity index (χ0n) is 10.6. The van der Waals surface area contributed by atoms with Crippen LogP contribution in [0.3, 0.4) is 0 Å². The van der Waals surface area contributed by atoms with E-state index in [9.17, 15) is 9.59 Å². The number of carbonyl (C=O) groups excluding carboxylic acids is 2. The van der Waals surface area contributed by atoms with Gasteiger partial charge in [0.1, 0.15) is 11.7 Å². The lowest BCUT2D eigenvalue weighted by atomic mass is 10.1. The van der Waals surface area contributed by atoms with Gasteiger partial charge in [-0.3, -0.25) is 4.79 Å². The van der Waals surface area contributed by atoms with E-state index in [0.29, 0.717) is 6.42 Å². The van der Waals surface area contributed by atoms with Gasteiger partial charge in [0.25, 0.3) is 0 Å². The molecule has 4 heteroatoms. The van der Waals surface area contributed by atoms with Crippen molar-refractivity contribution in [3.05, 3.63) is 12.2 Å². The van der Waals surface area contributed by atoms with Gasteiger partial charge in [-0.25, -0.2) is 4.79 Å². The molecule has 0 spiro atoms. The van der Waals surface area contributed by atoms with Gasteiger partial charge in [0.15, 0.2) is 5.78 Å². The van der Waals surface area contributed by atoms with Gasteiger partial charge in [-0.15, -0.1) is 0 Å². The molecule has 4 nitrogen and oxygen atoms in total. The Morgan fingerprint density at radius 3 is 2.12 bits per heavy atom. The second-order valence-corrected chi connectivity index (χ2v) is 4.56. The van der Waals surface area contributed by atoms with Crippen molar-refractivity contribution in [1.29, 1.82) is 0 Å². The van der Waals surface area contributed by atoms with Crippen LogP contribution in [0.15, 0.2) is 12.2 Å². The Kier molecular flexibility index (Phi) is 5.21. The molecule has 0 aliphatic carbocycles. The van der Waals surface area contributed by atoms with Crippen molar-refractivity contribution >= 4 is 11.9 Å². The standard InChI is InChI=1S/C12H20O4/c1-7-10(8(2)9(3)13)15-11(14)16-12(4,5)6/h10H,2,7H2,1,3-6H3. The van der Waals surface area contributed by atoms with Crippen LogP contribution in [-0.4, -0.2) is 23.6 Å². The highest BCUT2D eigenvalue weighted by Gasteiger charge is 2.23. The average Bonchev–Trinajstić information content (AvgIpc) is 2.09. The van der Waals surface area contributed by atoms with E-state index >= 15 is 0 Å². The van der Waals surface area contributed by atoms with Gasteiger partial charge >= 0.3 is 6.16 Å². The van der Waals surface area contributed by atoms with Gasteiger partial charge in [-0.05, 0) is 34.1 Å². The van der Waals surface area contributed by atoms with Crippen LogP contribution < -0.4 is 0 Å². The minimum Gasteiger partial charge on any atom is -0.429 e. The topological polar surface area (TPSA) is 52.6 Å². The quantitative estimate of drug-likeness (QED) is 0.548. The smallest absolute Gasteiger partial charge is 0.429 e. The first-order valence-corrected chi connectivity index (χ1v) is 5.26. The third-order valence-electron chi connectivity index (χ3n) is 1.84. The molecular formula is C12H20O4. The van der Waals surface area contributed by atoms with E-state index in [1.54, 1.807) is 20.8 Å². The van der Waals surface area contributed by atoms with E-state index in [2.05, 4.69) is 6.58 Å². The summed E-state index contributed by atoms with van der Waals surface area (Å²) in [5, 5.41) is 0. The van der Waals surface area contributed by atoms with Crippen LogP contribution >= 0.6 is 0 Å². The lowest BCUT2D eigenvalue weighted by Gasteiger charge is -2.22. The number of carbonyl (C=O) groups is 2. The van der Waals surface area contributed by atoms with Gasteiger partial charge in [0.05, 0.1) is 0 Å². The maximum Gasteiger partial charge on any atom is 0.509 e. The zero-order chi connectivity index (χ0) is 12.9. The molecule has 0 saturated heterocycles. The highest BCUT2D eigenvalue weighted by molar-refractivity contribution is 5.93. The maximum absolute atomic E-state index is 11.4. The van der Waals surface area contributed by atoms with Gasteiger partial charge < -0.3 is 9.47 Å². The molecule has 0 rings (SSSR count). The summed E-state index contributed by atoms with van der Waals surface area (Å²) in [6, 6.07) is 0. The Labute approximate surface area is 96.6 Å². The molecule has 1 unspecified atom stereocenters. The molecule has 0 aliphatic heterocycles. The van der Waals surface area contributed by atoms with Crippen molar-refractivity contribution in [1.82, 2.24) is 0 Å². The van der Waals surface area contributed by atoms with Crippen molar-refractivity contribution in [2.45, 2.75) is 52.7 Å². The third kappa shape index (κ3) is 5.53. The average molecular weight is 228 g/mol. The monoisotopic (exact) mass is 228 g/mol. The molecule has 0 fully saturated rings. The molecule has 0 aromatic heterocycles. The minimum absolute atomic E-state index is 0.185. The predicted molar refractivity (Wildman–Crippen MR) is 61.2 cm³/mol. The van der Waals surface area contributed by atoms with E-state index in [1.165, 1.54) is 6.92 Å². The minimum atomic E-state index is -0.776. The van der Waals surface area contributed by atoms with Crippen molar-refractivity contribution in [2.24, 2.45) is 0 Å². The van der Waals surface area contributed by atoms with Gasteiger partial charge in [-0.1, -0.05) is 13.5 Å². The second-order valence-electron chi connectivity index (χ2n) is 4.56. The summed E-state index contributed by atoms with van der Waals surface area (Å²) < 4.78 is 10.0. The summed E-state index contributed by atoms with van der Waals surface area (Å²) in [5.41, 5.74) is -0.319. The molecule has 0 aromatic rings. The summed E-state index contributed by atoms with van der Waals surface area (Å²) >= 11 is 0. The lowest BCUT2D eigenvalue weighted by Crippen LogP contribution is -2.29. The fourth-order valence-electron chi connectivity index (χ4n) is 1.02. The molecule has 0 N–H and O–H groups in total. The van der Waals surface area contributed by atoms with Crippen LogP contribution in [0, 0.1) is 0 Å². The van der Waals surface area contributed by atoms with E-state index in [1.807, 2.05) is 6.92 Å². The summed E-state index contributed by atoms with van der Waals surface area (Å²) in [5.74, 6) is -0.185. The molecule has 0 amide bonds. The highest BCUT2D eigenvalue weighted by atomic mass is 16.7. The number of Topliss-reactive ketones (excluding diaryl/α,β-unsaturated/α-hetero) is 1. The summed E-state index contributed by atoms with van der Waals surface area (Å²) in [4.78, 5) is 22.4. The van der Waals surface area contributed by atoms with Gasteiger partial charge in [-0.2, -0.15) is 0 Å². The molecule has 16 heavy (non-hydrogen) atoms. The molecule has 0 aromatic carbocycles. The fraction of sp³-hybridized carbons (Fsp3) is 0.667. The number of ketones is 1. The Morgan fingerprint density at radius 1 is 1.31 bits per heavy atom. The highest BCUT2D eigenvalue weighted by Crippen LogP contribution is 2.14. The first kappa shape index (κ1) is 14.7. The Morgan fingerprint density at radius 2 is 1.81 bits per heavy atom. The lowest BCUT2D eigenvalue weighted by molar-refractivity contribution is -0.114. The van der Waals surface area contributed by atoms with Crippen LogP contribution in [0.5, 0.6) is 0 Å². The van der Waals surface area contributed by atoms with E-state index in [0.717, 1.165) is 0 Å². The Bertz CT molecular complexity index is 286.